The van der Waals surface area contributed by atoms with Crippen LogP contribution in [0, 0.1) is 23.0 Å². The first-order valence-corrected chi connectivity index (χ1v) is 16.4. The third-order valence-electron chi connectivity index (χ3n) is 9.02. The van der Waals surface area contributed by atoms with E-state index in [2.05, 4.69) is 65.0 Å². The maximum Gasteiger partial charge on any atom is 0.168 e. The van der Waals surface area contributed by atoms with E-state index in [1.165, 1.54) is 29.7 Å². The van der Waals surface area contributed by atoms with Crippen molar-refractivity contribution in [1.82, 2.24) is 19.4 Å². The van der Waals surface area contributed by atoms with Crippen LogP contribution < -0.4 is 0 Å². The zero-order valence-electron chi connectivity index (χ0n) is 25.6. The molecule has 0 bridgehead atoms. The topological polar surface area (TPSA) is 43.6 Å². The van der Waals surface area contributed by atoms with E-state index in [1.54, 1.807) is 24.4 Å². The number of hydrogen-bond donors (Lipinski definition) is 0. The molecule has 3 heterocycles. The average Bonchev–Trinajstić information content (AvgIpc) is 3.72. The molecule has 0 radical (unpaired) electrons. The van der Waals surface area contributed by atoms with Crippen LogP contribution >= 0.6 is 22.9 Å². The van der Waals surface area contributed by atoms with E-state index in [0.717, 1.165) is 52.4 Å². The fourth-order valence-electron chi connectivity index (χ4n) is 5.28. The number of halogens is 2. The van der Waals surface area contributed by atoms with Gasteiger partial charge < -0.3 is 0 Å². The molecule has 0 saturated carbocycles. The number of nitrogens with zero attached hydrogens (tertiary/aromatic N) is 4. The molecule has 3 aromatic heterocycles. The number of thiophene rings is 1. The van der Waals surface area contributed by atoms with Crippen molar-refractivity contribution in [1.29, 1.82) is 0 Å². The Hall–Kier alpha value is -2.97. The molecule has 8 heteroatoms. The molecule has 0 spiro atoms. The molecule has 0 aliphatic rings. The molecule has 42 heavy (non-hydrogen) atoms. The summed E-state index contributed by atoms with van der Waals surface area (Å²) in [5.41, 5.74) is 4.24. The Bertz CT molecular complexity index is 1680. The number of aromatic nitrogens is 4. The second-order valence-electron chi connectivity index (χ2n) is 12.7. The molecule has 0 saturated heterocycles. The van der Waals surface area contributed by atoms with E-state index >= 15 is 8.78 Å². The van der Waals surface area contributed by atoms with Gasteiger partial charge in [0.25, 0.3) is 0 Å². The van der Waals surface area contributed by atoms with Crippen LogP contribution in [0.1, 0.15) is 79.7 Å². The fraction of sp³-hybridized carbons (Fsp3) is 0.441. The Morgan fingerprint density at radius 1 is 0.786 bits per heavy atom. The number of hydrogen-bond acceptors (Lipinski definition) is 5. The summed E-state index contributed by atoms with van der Waals surface area (Å²) < 4.78 is 34.5. The number of unbranched alkanes of at least 4 members (excludes halogenated alkanes) is 1. The maximum absolute atomic E-state index is 15.3. The van der Waals surface area contributed by atoms with Crippen LogP contribution in [0.4, 0.5) is 8.78 Å². The van der Waals surface area contributed by atoms with Gasteiger partial charge in [0.15, 0.2) is 11.6 Å². The first-order chi connectivity index (χ1) is 20.0. The summed E-state index contributed by atoms with van der Waals surface area (Å²) in [6.07, 6.45) is 6.22. The van der Waals surface area contributed by atoms with Gasteiger partial charge in [-0.25, -0.2) is 13.2 Å². The molecule has 5 rings (SSSR count). The standard InChI is InChI=1S/C34H40F2N4S2/c1-8-10-11-21(9-2)20-40-38-31-24(14-15-25(32(31)39-40)34(6,7)33(3,4)5)27-17-16-26(41-27)22-12-13-23(30(36)29(22)35)28-18-19-37-42-28/h12-19,21H,8-11,20H2,1-7H3. The Balaban J connectivity index is 1.58. The molecular formula is C34H40F2N4S2. The van der Waals surface area contributed by atoms with E-state index < -0.39 is 11.6 Å². The third kappa shape index (κ3) is 5.68. The highest BCUT2D eigenvalue weighted by Gasteiger charge is 2.37. The van der Waals surface area contributed by atoms with E-state index in [-0.39, 0.29) is 22.0 Å². The van der Waals surface area contributed by atoms with Crippen molar-refractivity contribution in [2.45, 2.75) is 86.1 Å². The largest absolute Gasteiger partial charge is 0.203 e. The highest BCUT2D eigenvalue weighted by atomic mass is 32.1. The summed E-state index contributed by atoms with van der Waals surface area (Å²) in [7, 11) is 0. The lowest BCUT2D eigenvalue weighted by Crippen LogP contribution is -2.34. The molecule has 1 unspecified atom stereocenters. The Kier molecular flexibility index (Phi) is 8.68. The van der Waals surface area contributed by atoms with Crippen LogP contribution in [0.5, 0.6) is 0 Å². The second kappa shape index (κ2) is 12.0. The number of benzene rings is 2. The van der Waals surface area contributed by atoms with E-state index in [0.29, 0.717) is 15.7 Å². The summed E-state index contributed by atoms with van der Waals surface area (Å²) >= 11 is 2.59. The summed E-state index contributed by atoms with van der Waals surface area (Å²) in [6.45, 7) is 16.6. The molecule has 1 atom stereocenters. The van der Waals surface area contributed by atoms with Crippen molar-refractivity contribution < 1.29 is 8.78 Å². The van der Waals surface area contributed by atoms with Crippen molar-refractivity contribution in [2.24, 2.45) is 11.3 Å². The van der Waals surface area contributed by atoms with Crippen molar-refractivity contribution >= 4 is 33.9 Å². The third-order valence-corrected chi connectivity index (χ3v) is 10.9. The van der Waals surface area contributed by atoms with Gasteiger partial charge >= 0.3 is 0 Å². The summed E-state index contributed by atoms with van der Waals surface area (Å²) in [6, 6.07) is 13.1. The first-order valence-electron chi connectivity index (χ1n) is 14.8. The van der Waals surface area contributed by atoms with Crippen molar-refractivity contribution in [3.63, 3.8) is 0 Å². The van der Waals surface area contributed by atoms with Crippen LogP contribution in [0.3, 0.4) is 0 Å². The summed E-state index contributed by atoms with van der Waals surface area (Å²) in [5, 5.41) is 10.2. The van der Waals surface area contributed by atoms with Crippen LogP contribution in [0.15, 0.2) is 48.7 Å². The molecule has 0 fully saturated rings. The zero-order valence-corrected chi connectivity index (χ0v) is 27.2. The molecule has 0 aliphatic carbocycles. The van der Waals surface area contributed by atoms with Crippen molar-refractivity contribution in [3.05, 3.63) is 65.9 Å². The van der Waals surface area contributed by atoms with E-state index in [1.807, 2.05) is 16.9 Å². The van der Waals surface area contributed by atoms with Gasteiger partial charge in [-0.2, -0.15) is 15.0 Å². The predicted molar refractivity (Wildman–Crippen MR) is 173 cm³/mol. The smallest absolute Gasteiger partial charge is 0.168 e. The molecule has 5 aromatic rings. The van der Waals surface area contributed by atoms with Crippen LogP contribution in [-0.4, -0.2) is 19.4 Å². The van der Waals surface area contributed by atoms with Gasteiger partial charge in [-0.05, 0) is 70.6 Å². The van der Waals surface area contributed by atoms with Gasteiger partial charge in [0.05, 0.1) is 11.4 Å². The molecule has 222 valence electrons. The van der Waals surface area contributed by atoms with Gasteiger partial charge in [-0.3, -0.25) is 0 Å². The molecular weight excluding hydrogens is 567 g/mol. The van der Waals surface area contributed by atoms with Gasteiger partial charge in [0.1, 0.15) is 11.0 Å². The monoisotopic (exact) mass is 606 g/mol. The van der Waals surface area contributed by atoms with Gasteiger partial charge in [0, 0.05) is 32.6 Å². The quantitative estimate of drug-likeness (QED) is 0.159. The summed E-state index contributed by atoms with van der Waals surface area (Å²) in [4.78, 5) is 4.12. The first kappa shape index (κ1) is 30.5. The molecule has 0 aliphatic heterocycles. The average molecular weight is 607 g/mol. The normalized spacial score (nSPS) is 13.3. The molecule has 2 aromatic carbocycles. The Morgan fingerprint density at radius 2 is 1.40 bits per heavy atom. The number of rotatable bonds is 10. The van der Waals surface area contributed by atoms with Crippen LogP contribution in [-0.2, 0) is 12.0 Å². The van der Waals surface area contributed by atoms with Crippen molar-refractivity contribution in [2.75, 3.05) is 0 Å². The highest BCUT2D eigenvalue weighted by molar-refractivity contribution is 7.18. The van der Waals surface area contributed by atoms with E-state index in [9.17, 15) is 0 Å². The minimum Gasteiger partial charge on any atom is -0.203 e. The zero-order chi connectivity index (χ0) is 30.2. The van der Waals surface area contributed by atoms with Gasteiger partial charge in [0.2, 0.25) is 0 Å². The minimum atomic E-state index is -0.848. The van der Waals surface area contributed by atoms with Gasteiger partial charge in [-0.1, -0.05) is 79.9 Å². The lowest BCUT2D eigenvalue weighted by molar-refractivity contribution is 0.227. The fourth-order valence-corrected chi connectivity index (χ4v) is 6.95. The predicted octanol–water partition coefficient (Wildman–Crippen LogP) is 10.8. The van der Waals surface area contributed by atoms with Gasteiger partial charge in [-0.15, -0.1) is 11.3 Å². The second-order valence-corrected chi connectivity index (χ2v) is 14.7. The maximum atomic E-state index is 15.3. The van der Waals surface area contributed by atoms with Crippen LogP contribution in [0.25, 0.3) is 42.4 Å². The number of fused-ring (bicyclic) bond motifs is 1. The lowest BCUT2D eigenvalue weighted by atomic mass is 9.65. The van der Waals surface area contributed by atoms with E-state index in [4.69, 9.17) is 10.2 Å². The van der Waals surface area contributed by atoms with Crippen LogP contribution in [0.2, 0.25) is 0 Å². The van der Waals surface area contributed by atoms with Crippen molar-refractivity contribution in [3.8, 4) is 31.3 Å². The highest BCUT2D eigenvalue weighted by Crippen LogP contribution is 2.46. The molecule has 0 N–H and O–H groups in total. The summed E-state index contributed by atoms with van der Waals surface area (Å²) in [5.74, 6) is -1.17. The Morgan fingerprint density at radius 3 is 2.00 bits per heavy atom. The molecule has 4 nitrogen and oxygen atoms in total. The molecule has 0 amide bonds. The minimum absolute atomic E-state index is 0.00133. The Labute approximate surface area is 256 Å². The SMILES string of the molecule is CCCCC(CC)Cn1nc2c(-c3ccc(-c4ccc(-c5ccns5)c(F)c4F)s3)ccc(C(C)(C)C(C)(C)C)c2n1. The lowest BCUT2D eigenvalue weighted by Gasteiger charge is -2.39.